The van der Waals surface area contributed by atoms with Crippen LogP contribution in [0.5, 0.6) is 0 Å². The molecule has 0 spiro atoms. The Morgan fingerprint density at radius 2 is 2.04 bits per heavy atom. The molecule has 0 aliphatic heterocycles. The zero-order valence-electron chi connectivity index (χ0n) is 16.9. The fourth-order valence-corrected chi connectivity index (χ4v) is 4.63. The second-order valence-electron chi connectivity index (χ2n) is 7.50. The van der Waals surface area contributed by atoms with Gasteiger partial charge in [0.25, 0.3) is 0 Å². The molecule has 1 fully saturated rings. The van der Waals surface area contributed by atoms with E-state index in [-0.39, 0.29) is 11.9 Å². The second-order valence-corrected chi connectivity index (χ2v) is 8.72. The number of hydrogen-bond acceptors (Lipinski definition) is 4. The number of aryl methyl sites for hydroxylation is 1. The van der Waals surface area contributed by atoms with Crippen LogP contribution >= 0.6 is 11.8 Å². The quantitative estimate of drug-likeness (QED) is 0.407. The van der Waals surface area contributed by atoms with Crippen LogP contribution in [0.25, 0.3) is 0 Å². The Bertz CT molecular complexity index is 626. The predicted octanol–water partition coefficient (Wildman–Crippen LogP) is 4.50. The van der Waals surface area contributed by atoms with Crippen LogP contribution in [0.15, 0.2) is 34.6 Å². The third kappa shape index (κ3) is 7.23. The summed E-state index contributed by atoms with van der Waals surface area (Å²) in [5, 5.41) is 6.49. The fraction of sp³-hybridized carbons (Fsp3) is 0.591. The molecule has 1 aromatic rings. The lowest BCUT2D eigenvalue weighted by atomic mass is 9.83. The molecule has 5 heteroatoms. The van der Waals surface area contributed by atoms with Gasteiger partial charge < -0.3 is 16.4 Å². The van der Waals surface area contributed by atoms with Crippen LogP contribution in [0.1, 0.15) is 57.4 Å². The topological polar surface area (TPSA) is 67.2 Å². The maximum Gasteiger partial charge on any atom is 0.220 e. The number of anilines is 1. The fourth-order valence-electron chi connectivity index (χ4n) is 3.72. The van der Waals surface area contributed by atoms with Crippen molar-refractivity contribution in [3.05, 3.63) is 35.2 Å². The zero-order chi connectivity index (χ0) is 19.6. The second kappa shape index (κ2) is 11.4. The van der Waals surface area contributed by atoms with E-state index in [4.69, 9.17) is 5.73 Å². The summed E-state index contributed by atoms with van der Waals surface area (Å²) in [5.74, 6) is 0.724. The summed E-state index contributed by atoms with van der Waals surface area (Å²) < 4.78 is 0. The van der Waals surface area contributed by atoms with Gasteiger partial charge in [-0.3, -0.25) is 4.79 Å². The molecule has 4 nitrogen and oxygen atoms in total. The Morgan fingerprint density at radius 1 is 1.30 bits per heavy atom. The van der Waals surface area contributed by atoms with Crippen molar-refractivity contribution in [3.8, 4) is 0 Å². The molecular weight excluding hydrogens is 354 g/mol. The van der Waals surface area contributed by atoms with Crippen molar-refractivity contribution in [2.24, 2.45) is 5.92 Å². The van der Waals surface area contributed by atoms with Crippen LogP contribution in [0.3, 0.4) is 0 Å². The third-order valence-electron chi connectivity index (χ3n) is 5.36. The van der Waals surface area contributed by atoms with Crippen LogP contribution < -0.4 is 16.4 Å². The molecule has 1 aromatic carbocycles. The van der Waals surface area contributed by atoms with E-state index in [0.717, 1.165) is 28.5 Å². The van der Waals surface area contributed by atoms with Crippen molar-refractivity contribution >= 4 is 23.4 Å². The number of thioether (sulfide) groups is 1. The molecular formula is C22H35N3OS. The lowest BCUT2D eigenvalue weighted by Crippen LogP contribution is -2.46. The van der Waals surface area contributed by atoms with E-state index in [9.17, 15) is 4.79 Å². The van der Waals surface area contributed by atoms with Gasteiger partial charge in [0.15, 0.2) is 0 Å². The van der Waals surface area contributed by atoms with Gasteiger partial charge in [0.1, 0.15) is 0 Å². The number of benzene rings is 1. The maximum atomic E-state index is 12.5. The molecule has 1 aliphatic rings. The summed E-state index contributed by atoms with van der Waals surface area (Å²) in [6, 6.07) is 6.37. The molecule has 4 N–H and O–H groups in total. The highest BCUT2D eigenvalue weighted by molar-refractivity contribution is 8.03. The van der Waals surface area contributed by atoms with Gasteiger partial charge >= 0.3 is 0 Å². The monoisotopic (exact) mass is 389 g/mol. The summed E-state index contributed by atoms with van der Waals surface area (Å²) >= 11 is 1.59. The van der Waals surface area contributed by atoms with Crippen molar-refractivity contribution in [2.75, 3.05) is 19.3 Å². The summed E-state index contributed by atoms with van der Waals surface area (Å²) in [7, 11) is 1.95. The Kier molecular flexibility index (Phi) is 9.22. The van der Waals surface area contributed by atoms with Crippen molar-refractivity contribution in [2.45, 2.75) is 69.2 Å². The maximum absolute atomic E-state index is 12.5. The minimum Gasteiger partial charge on any atom is -0.398 e. The standard InChI is InChI=1S/C22H35N3OS/c1-4-17-11-12-19(23)21(14-17)27-16(2)10-13-22(26)25-20(15-24-3)18-8-6-5-7-9-18/h11-12,14,18,20,24H,2,4-10,13,15,23H2,1,3H3,(H,25,26). The Morgan fingerprint density at radius 3 is 2.70 bits per heavy atom. The van der Waals surface area contributed by atoms with Gasteiger partial charge in [0.05, 0.1) is 0 Å². The first-order valence-electron chi connectivity index (χ1n) is 10.2. The van der Waals surface area contributed by atoms with Crippen LogP contribution in [-0.2, 0) is 11.2 Å². The number of nitrogens with two attached hydrogens (primary N) is 1. The molecule has 0 saturated heterocycles. The van der Waals surface area contributed by atoms with E-state index < -0.39 is 0 Å². The molecule has 1 amide bonds. The van der Waals surface area contributed by atoms with Crippen molar-refractivity contribution < 1.29 is 4.79 Å². The SMILES string of the molecule is C=C(CCC(=O)NC(CNC)C1CCCCC1)Sc1cc(CC)ccc1N. The van der Waals surface area contributed by atoms with Gasteiger partial charge in [0.2, 0.25) is 5.91 Å². The molecule has 150 valence electrons. The number of rotatable bonds is 10. The van der Waals surface area contributed by atoms with Gasteiger partial charge in [-0.2, -0.15) is 0 Å². The van der Waals surface area contributed by atoms with Crippen LogP contribution in [0, 0.1) is 5.92 Å². The summed E-state index contributed by atoms with van der Waals surface area (Å²) in [6.07, 6.45) is 8.48. The predicted molar refractivity (Wildman–Crippen MR) is 117 cm³/mol. The summed E-state index contributed by atoms with van der Waals surface area (Å²) in [6.45, 7) is 7.11. The average molecular weight is 390 g/mol. The number of likely N-dealkylation sites (N-methyl/N-ethyl adjacent to an activating group) is 1. The highest BCUT2D eigenvalue weighted by Crippen LogP contribution is 2.33. The summed E-state index contributed by atoms with van der Waals surface area (Å²) in [5.41, 5.74) is 8.12. The van der Waals surface area contributed by atoms with E-state index in [1.165, 1.54) is 37.7 Å². The molecule has 2 rings (SSSR count). The molecule has 1 saturated carbocycles. The first-order valence-corrected chi connectivity index (χ1v) is 11.0. The molecule has 0 radical (unpaired) electrons. The molecule has 1 unspecified atom stereocenters. The van der Waals surface area contributed by atoms with E-state index in [1.54, 1.807) is 11.8 Å². The van der Waals surface area contributed by atoms with Gasteiger partial charge in [-0.15, -0.1) is 0 Å². The highest BCUT2D eigenvalue weighted by atomic mass is 32.2. The van der Waals surface area contributed by atoms with Gasteiger partial charge in [-0.25, -0.2) is 0 Å². The number of amides is 1. The van der Waals surface area contributed by atoms with E-state index >= 15 is 0 Å². The lowest BCUT2D eigenvalue weighted by Gasteiger charge is -2.31. The third-order valence-corrected chi connectivity index (χ3v) is 6.43. The Hall–Kier alpha value is -1.46. The molecule has 1 atom stereocenters. The van der Waals surface area contributed by atoms with Gasteiger partial charge in [-0.1, -0.05) is 50.6 Å². The van der Waals surface area contributed by atoms with Crippen LogP contribution in [0.2, 0.25) is 0 Å². The smallest absolute Gasteiger partial charge is 0.220 e. The molecule has 0 bridgehead atoms. The lowest BCUT2D eigenvalue weighted by molar-refractivity contribution is -0.122. The van der Waals surface area contributed by atoms with Crippen LogP contribution in [0.4, 0.5) is 5.69 Å². The molecule has 1 aliphatic carbocycles. The van der Waals surface area contributed by atoms with E-state index in [2.05, 4.69) is 36.3 Å². The van der Waals surface area contributed by atoms with Crippen molar-refractivity contribution in [3.63, 3.8) is 0 Å². The highest BCUT2D eigenvalue weighted by Gasteiger charge is 2.24. The van der Waals surface area contributed by atoms with Gasteiger partial charge in [0, 0.05) is 29.6 Å². The van der Waals surface area contributed by atoms with Gasteiger partial charge in [-0.05, 0) is 61.3 Å². The minimum atomic E-state index is 0.123. The van der Waals surface area contributed by atoms with E-state index in [1.807, 2.05) is 13.1 Å². The Labute approximate surface area is 168 Å². The number of carbonyl (C=O) groups is 1. The number of allylic oxidation sites excluding steroid dienone is 1. The molecule has 0 aromatic heterocycles. The normalized spacial score (nSPS) is 16.1. The number of nitrogen functional groups attached to an aromatic ring is 1. The van der Waals surface area contributed by atoms with E-state index in [0.29, 0.717) is 18.8 Å². The minimum absolute atomic E-state index is 0.123. The number of carbonyl (C=O) groups excluding carboxylic acids is 1. The molecule has 0 heterocycles. The van der Waals surface area contributed by atoms with Crippen molar-refractivity contribution in [1.82, 2.24) is 10.6 Å². The number of hydrogen-bond donors (Lipinski definition) is 3. The summed E-state index contributed by atoms with van der Waals surface area (Å²) in [4.78, 5) is 14.5. The van der Waals surface area contributed by atoms with Crippen LogP contribution in [-0.4, -0.2) is 25.5 Å². The van der Waals surface area contributed by atoms with Crippen molar-refractivity contribution in [1.29, 1.82) is 0 Å². The Balaban J connectivity index is 1.82. The first kappa shape index (κ1) is 21.8. The molecule has 27 heavy (non-hydrogen) atoms. The first-order chi connectivity index (χ1) is 13.0. The average Bonchev–Trinajstić information content (AvgIpc) is 2.68. The number of nitrogens with one attached hydrogen (secondary N) is 2. The largest absolute Gasteiger partial charge is 0.398 e. The zero-order valence-corrected chi connectivity index (χ0v) is 17.7.